The molecule has 2 aromatic heterocycles. The lowest BCUT2D eigenvalue weighted by atomic mass is 10.0. The molecule has 0 radical (unpaired) electrons. The Bertz CT molecular complexity index is 1340. The van der Waals surface area contributed by atoms with Crippen molar-refractivity contribution in [3.63, 3.8) is 0 Å². The van der Waals surface area contributed by atoms with E-state index in [1.807, 2.05) is 55.5 Å². The molecule has 1 aliphatic heterocycles. The molecule has 5 rings (SSSR count). The number of thiophene rings is 1. The quantitative estimate of drug-likeness (QED) is 0.353. The number of nitrogens with one attached hydrogen (secondary N) is 1. The van der Waals surface area contributed by atoms with Crippen LogP contribution in [0.25, 0.3) is 20.8 Å². The predicted molar refractivity (Wildman–Crippen MR) is 139 cm³/mol. The molecule has 0 atom stereocenters. The van der Waals surface area contributed by atoms with Gasteiger partial charge in [0.15, 0.2) is 6.61 Å². The lowest BCUT2D eigenvalue weighted by Crippen LogP contribution is -2.35. The molecule has 180 valence electrons. The summed E-state index contributed by atoms with van der Waals surface area (Å²) in [5, 5.41) is 4.65. The summed E-state index contributed by atoms with van der Waals surface area (Å²) in [6.45, 7) is 5.06. The maximum atomic E-state index is 12.8. The van der Waals surface area contributed by atoms with Crippen molar-refractivity contribution >= 4 is 49.9 Å². The molecule has 4 aromatic rings. The van der Waals surface area contributed by atoms with Crippen molar-refractivity contribution in [1.29, 1.82) is 0 Å². The summed E-state index contributed by atoms with van der Waals surface area (Å²) in [5.41, 5.74) is 4.13. The number of hydrogen-bond donors (Lipinski definition) is 1. The van der Waals surface area contributed by atoms with E-state index in [1.54, 1.807) is 23.2 Å². The van der Waals surface area contributed by atoms with Crippen LogP contribution in [0.5, 0.6) is 5.75 Å². The van der Waals surface area contributed by atoms with Gasteiger partial charge in [-0.05, 0) is 50.1 Å². The lowest BCUT2D eigenvalue weighted by molar-refractivity contribution is -0.118. The molecule has 0 fully saturated rings. The van der Waals surface area contributed by atoms with E-state index in [4.69, 9.17) is 14.5 Å². The van der Waals surface area contributed by atoms with E-state index in [0.717, 1.165) is 41.8 Å². The third kappa shape index (κ3) is 5.01. The first kappa shape index (κ1) is 23.3. The smallest absolute Gasteiger partial charge is 0.410 e. The molecule has 0 spiro atoms. The number of amides is 2. The molecule has 7 nitrogen and oxygen atoms in total. The van der Waals surface area contributed by atoms with Gasteiger partial charge in [0.2, 0.25) is 0 Å². The maximum Gasteiger partial charge on any atom is 0.410 e. The molecule has 0 saturated carbocycles. The number of anilines is 1. The van der Waals surface area contributed by atoms with E-state index < -0.39 is 0 Å². The Balaban J connectivity index is 1.43. The number of nitrogens with zero attached hydrogens (tertiary/aromatic N) is 2. The second-order valence-corrected chi connectivity index (χ2v) is 10.4. The van der Waals surface area contributed by atoms with Crippen LogP contribution in [-0.4, -0.2) is 41.6 Å². The van der Waals surface area contributed by atoms with Gasteiger partial charge in [0, 0.05) is 17.0 Å². The van der Waals surface area contributed by atoms with Gasteiger partial charge in [-0.3, -0.25) is 4.79 Å². The number of hydrogen-bond acceptors (Lipinski definition) is 7. The monoisotopic (exact) mass is 507 g/mol. The predicted octanol–water partition coefficient (Wildman–Crippen LogP) is 5.87. The van der Waals surface area contributed by atoms with Crippen LogP contribution in [0.4, 0.5) is 9.80 Å². The van der Waals surface area contributed by atoms with Gasteiger partial charge in [-0.2, -0.15) is 0 Å². The Morgan fingerprint density at radius 2 is 1.91 bits per heavy atom. The Kier molecular flexibility index (Phi) is 6.70. The second-order valence-electron chi connectivity index (χ2n) is 8.22. The number of carbonyl (C=O) groups is 2. The molecular formula is C26H25N3O4S2. The van der Waals surface area contributed by atoms with Crippen LogP contribution in [0.3, 0.4) is 0 Å². The zero-order valence-corrected chi connectivity index (χ0v) is 21.1. The van der Waals surface area contributed by atoms with Crippen LogP contribution in [0, 0.1) is 6.92 Å². The van der Waals surface area contributed by atoms with E-state index >= 15 is 0 Å². The topological polar surface area (TPSA) is 80.8 Å². The van der Waals surface area contributed by atoms with Crippen molar-refractivity contribution in [3.8, 4) is 16.3 Å². The SMILES string of the molecule is CCOC(=O)N1CCc2c(sc(NC(=O)COc3ccc(C)cc3)c2-c2nc3ccccc3s2)C1. The van der Waals surface area contributed by atoms with E-state index in [2.05, 4.69) is 5.32 Å². The number of carbonyl (C=O) groups excluding carboxylic acids is 2. The summed E-state index contributed by atoms with van der Waals surface area (Å²) in [6.07, 6.45) is 0.358. The molecule has 9 heteroatoms. The lowest BCUT2D eigenvalue weighted by Gasteiger charge is -2.26. The van der Waals surface area contributed by atoms with Gasteiger partial charge in [0.05, 0.1) is 23.4 Å². The number of aryl methyl sites for hydroxylation is 1. The largest absolute Gasteiger partial charge is 0.484 e. The first-order valence-electron chi connectivity index (χ1n) is 11.4. The van der Waals surface area contributed by atoms with E-state index in [-0.39, 0.29) is 18.6 Å². The minimum Gasteiger partial charge on any atom is -0.484 e. The fourth-order valence-corrected chi connectivity index (χ4v) is 6.40. The molecule has 1 N–H and O–H groups in total. The molecular weight excluding hydrogens is 482 g/mol. The Morgan fingerprint density at radius 1 is 1.11 bits per heavy atom. The summed E-state index contributed by atoms with van der Waals surface area (Å²) in [7, 11) is 0. The highest BCUT2D eigenvalue weighted by molar-refractivity contribution is 7.22. The summed E-state index contributed by atoms with van der Waals surface area (Å²) in [5.74, 6) is 0.404. The van der Waals surface area contributed by atoms with Crippen molar-refractivity contribution < 1.29 is 19.1 Å². The van der Waals surface area contributed by atoms with Gasteiger partial charge in [0.1, 0.15) is 15.8 Å². The highest BCUT2D eigenvalue weighted by atomic mass is 32.1. The summed E-state index contributed by atoms with van der Waals surface area (Å²) >= 11 is 3.09. The van der Waals surface area contributed by atoms with Crippen molar-refractivity contribution in [3.05, 3.63) is 64.5 Å². The third-order valence-corrected chi connectivity index (χ3v) is 7.92. The number of benzene rings is 2. The Labute approximate surface area is 211 Å². The molecule has 0 bridgehead atoms. The molecule has 2 amide bonds. The summed E-state index contributed by atoms with van der Waals surface area (Å²) < 4.78 is 12.0. The normalized spacial score (nSPS) is 12.9. The van der Waals surface area contributed by atoms with Crippen LogP contribution in [-0.2, 0) is 22.5 Å². The minimum atomic E-state index is -0.315. The standard InChI is InChI=1S/C26H25N3O4S2/c1-3-32-26(31)29-13-12-18-21(14-29)35-25(23(18)24-27-19-6-4-5-7-20(19)34-24)28-22(30)15-33-17-10-8-16(2)9-11-17/h4-11H,3,12-15H2,1-2H3,(H,28,30). The van der Waals surface area contributed by atoms with Gasteiger partial charge in [-0.25, -0.2) is 9.78 Å². The van der Waals surface area contributed by atoms with Gasteiger partial charge in [-0.15, -0.1) is 22.7 Å². The summed E-state index contributed by atoms with van der Waals surface area (Å²) in [6, 6.07) is 15.6. The molecule has 0 unspecified atom stereocenters. The van der Waals surface area contributed by atoms with Gasteiger partial charge in [-0.1, -0.05) is 29.8 Å². The molecule has 3 heterocycles. The average molecular weight is 508 g/mol. The van der Waals surface area contributed by atoms with Gasteiger partial charge >= 0.3 is 6.09 Å². The van der Waals surface area contributed by atoms with E-state index in [0.29, 0.717) is 31.9 Å². The second kappa shape index (κ2) is 10.1. The summed E-state index contributed by atoms with van der Waals surface area (Å²) in [4.78, 5) is 32.8. The fraction of sp³-hybridized carbons (Fsp3) is 0.269. The van der Waals surface area contributed by atoms with Crippen LogP contribution >= 0.6 is 22.7 Å². The van der Waals surface area contributed by atoms with Crippen molar-refractivity contribution in [1.82, 2.24) is 9.88 Å². The maximum absolute atomic E-state index is 12.8. The molecule has 1 aliphatic rings. The number of thiazole rings is 1. The Hall–Kier alpha value is -3.43. The molecule has 0 aliphatic carbocycles. The average Bonchev–Trinajstić information content (AvgIpc) is 3.43. The van der Waals surface area contributed by atoms with Crippen molar-refractivity contribution in [2.45, 2.75) is 26.8 Å². The highest BCUT2D eigenvalue weighted by Crippen LogP contribution is 2.45. The molecule has 2 aromatic carbocycles. The first-order valence-corrected chi connectivity index (χ1v) is 13.1. The minimum absolute atomic E-state index is 0.0974. The number of rotatable bonds is 6. The molecule has 0 saturated heterocycles. The van der Waals surface area contributed by atoms with Gasteiger partial charge < -0.3 is 19.7 Å². The zero-order chi connectivity index (χ0) is 24.4. The number of aromatic nitrogens is 1. The van der Waals surface area contributed by atoms with Crippen LogP contribution in [0.2, 0.25) is 0 Å². The van der Waals surface area contributed by atoms with E-state index in [1.165, 1.54) is 11.3 Å². The van der Waals surface area contributed by atoms with Crippen LogP contribution in [0.15, 0.2) is 48.5 Å². The van der Waals surface area contributed by atoms with Crippen molar-refractivity contribution in [2.24, 2.45) is 0 Å². The molecule has 35 heavy (non-hydrogen) atoms. The highest BCUT2D eigenvalue weighted by Gasteiger charge is 2.30. The number of para-hydroxylation sites is 1. The van der Waals surface area contributed by atoms with Gasteiger partial charge in [0.25, 0.3) is 5.91 Å². The fourth-order valence-electron chi connectivity index (χ4n) is 4.01. The van der Waals surface area contributed by atoms with Crippen LogP contribution < -0.4 is 10.1 Å². The Morgan fingerprint density at radius 3 is 2.69 bits per heavy atom. The van der Waals surface area contributed by atoms with E-state index in [9.17, 15) is 9.59 Å². The zero-order valence-electron chi connectivity index (χ0n) is 19.5. The first-order chi connectivity index (χ1) is 17.0. The number of ether oxygens (including phenoxy) is 2. The number of fused-ring (bicyclic) bond motifs is 2. The van der Waals surface area contributed by atoms with Crippen molar-refractivity contribution in [2.75, 3.05) is 25.1 Å². The third-order valence-electron chi connectivity index (χ3n) is 5.73. The van der Waals surface area contributed by atoms with Crippen LogP contribution in [0.1, 0.15) is 22.9 Å².